The molecule has 1 aromatic heterocycles. The summed E-state index contributed by atoms with van der Waals surface area (Å²) in [6.45, 7) is 2.99. The van der Waals surface area contributed by atoms with E-state index in [1.54, 1.807) is 25.5 Å². The fourth-order valence-corrected chi connectivity index (χ4v) is 2.14. The normalized spacial score (nSPS) is 17.1. The Morgan fingerprint density at radius 3 is 2.88 bits per heavy atom. The van der Waals surface area contributed by atoms with Gasteiger partial charge in [-0.25, -0.2) is 0 Å². The number of amides is 1. The zero-order chi connectivity index (χ0) is 12.3. The molecule has 0 aliphatic heterocycles. The molecule has 0 bridgehead atoms. The van der Waals surface area contributed by atoms with Gasteiger partial charge in [0, 0.05) is 19.8 Å². The van der Waals surface area contributed by atoms with Gasteiger partial charge in [0.25, 0.3) is 5.91 Å². The van der Waals surface area contributed by atoms with Crippen LogP contribution in [0.25, 0.3) is 0 Å². The Labute approximate surface area is 102 Å². The Balaban J connectivity index is 1.99. The molecule has 92 valence electrons. The van der Waals surface area contributed by atoms with Crippen molar-refractivity contribution in [3.8, 4) is 0 Å². The molecular formula is C13H19N3O. The van der Waals surface area contributed by atoms with Gasteiger partial charge in [0.15, 0.2) is 0 Å². The minimum atomic E-state index is -0.0233. The highest BCUT2D eigenvalue weighted by Gasteiger charge is 2.32. The van der Waals surface area contributed by atoms with Crippen LogP contribution in [0.3, 0.4) is 0 Å². The quantitative estimate of drug-likeness (QED) is 0.836. The van der Waals surface area contributed by atoms with Crippen molar-refractivity contribution in [1.82, 2.24) is 10.3 Å². The Hall–Kier alpha value is -1.58. The molecule has 1 amide bonds. The molecule has 0 aromatic carbocycles. The summed E-state index contributed by atoms with van der Waals surface area (Å²) in [5.41, 5.74) is 1.73. The monoisotopic (exact) mass is 233 g/mol. The maximum Gasteiger partial charge on any atom is 0.253 e. The van der Waals surface area contributed by atoms with E-state index < -0.39 is 0 Å². The van der Waals surface area contributed by atoms with Crippen LogP contribution in [0.4, 0.5) is 5.69 Å². The second kappa shape index (κ2) is 4.73. The highest BCUT2D eigenvalue weighted by molar-refractivity contribution is 5.99. The van der Waals surface area contributed by atoms with Crippen LogP contribution < -0.4 is 10.6 Å². The van der Waals surface area contributed by atoms with Crippen LogP contribution in [0.15, 0.2) is 18.5 Å². The van der Waals surface area contributed by atoms with E-state index in [0.29, 0.717) is 11.0 Å². The number of pyridine rings is 1. The molecule has 2 N–H and O–H groups in total. The molecule has 4 heteroatoms. The Bertz CT molecular complexity index is 413. The number of anilines is 1. The molecule has 0 unspecified atom stereocenters. The summed E-state index contributed by atoms with van der Waals surface area (Å²) in [5.74, 6) is -0.0233. The second-order valence-corrected chi connectivity index (χ2v) is 5.02. The van der Waals surface area contributed by atoms with Crippen LogP contribution in [0.2, 0.25) is 0 Å². The highest BCUT2D eigenvalue weighted by atomic mass is 16.1. The molecule has 1 heterocycles. The first-order valence-corrected chi connectivity index (χ1v) is 6.05. The van der Waals surface area contributed by atoms with Crippen molar-refractivity contribution in [3.63, 3.8) is 0 Å². The van der Waals surface area contributed by atoms with Crippen LogP contribution in [0.5, 0.6) is 0 Å². The van der Waals surface area contributed by atoms with E-state index in [1.165, 1.54) is 19.3 Å². The van der Waals surface area contributed by atoms with Crippen LogP contribution in [-0.2, 0) is 0 Å². The van der Waals surface area contributed by atoms with Crippen molar-refractivity contribution >= 4 is 11.6 Å². The Morgan fingerprint density at radius 1 is 1.53 bits per heavy atom. The average molecular weight is 233 g/mol. The van der Waals surface area contributed by atoms with Gasteiger partial charge in [-0.3, -0.25) is 9.78 Å². The second-order valence-electron chi connectivity index (χ2n) is 5.02. The number of hydrogen-bond donors (Lipinski definition) is 2. The van der Waals surface area contributed by atoms with E-state index in [0.717, 1.165) is 12.2 Å². The third-order valence-corrected chi connectivity index (χ3v) is 3.57. The van der Waals surface area contributed by atoms with Crippen molar-refractivity contribution in [2.45, 2.75) is 26.2 Å². The lowest BCUT2D eigenvalue weighted by Crippen LogP contribution is -2.40. The molecule has 1 fully saturated rings. The maximum absolute atomic E-state index is 12.0. The predicted octanol–water partition coefficient (Wildman–Crippen LogP) is 2.04. The number of carbonyl (C=O) groups excluding carboxylic acids is 1. The first-order chi connectivity index (χ1) is 8.14. The van der Waals surface area contributed by atoms with Crippen LogP contribution in [0, 0.1) is 5.41 Å². The number of nitrogens with zero attached hydrogens (tertiary/aromatic N) is 1. The van der Waals surface area contributed by atoms with E-state index in [2.05, 4.69) is 22.5 Å². The topological polar surface area (TPSA) is 54.0 Å². The molecule has 1 aliphatic carbocycles. The summed E-state index contributed by atoms with van der Waals surface area (Å²) in [7, 11) is 1.79. The lowest BCUT2D eigenvalue weighted by atomic mass is 9.70. The zero-order valence-corrected chi connectivity index (χ0v) is 10.4. The van der Waals surface area contributed by atoms with Crippen LogP contribution in [-0.4, -0.2) is 24.5 Å². The molecular weight excluding hydrogens is 214 g/mol. The summed E-state index contributed by atoms with van der Waals surface area (Å²) in [6.07, 6.45) is 7.01. The fraction of sp³-hybridized carbons (Fsp3) is 0.538. The number of rotatable bonds is 4. The van der Waals surface area contributed by atoms with E-state index in [1.807, 2.05) is 0 Å². The van der Waals surface area contributed by atoms with Gasteiger partial charge in [0.2, 0.25) is 0 Å². The van der Waals surface area contributed by atoms with Gasteiger partial charge in [0.05, 0.1) is 17.4 Å². The molecule has 17 heavy (non-hydrogen) atoms. The van der Waals surface area contributed by atoms with E-state index >= 15 is 0 Å². The van der Waals surface area contributed by atoms with Crippen molar-refractivity contribution in [2.24, 2.45) is 5.41 Å². The van der Waals surface area contributed by atoms with Gasteiger partial charge < -0.3 is 10.6 Å². The van der Waals surface area contributed by atoms with Crippen LogP contribution in [0.1, 0.15) is 36.5 Å². The molecule has 1 saturated carbocycles. The lowest BCUT2D eigenvalue weighted by molar-refractivity contribution is 0.0891. The van der Waals surface area contributed by atoms with E-state index in [-0.39, 0.29) is 5.91 Å². The van der Waals surface area contributed by atoms with Gasteiger partial charge in [-0.15, -0.1) is 0 Å². The molecule has 0 spiro atoms. The Kier molecular flexibility index (Phi) is 3.31. The predicted molar refractivity (Wildman–Crippen MR) is 68.1 cm³/mol. The third kappa shape index (κ3) is 2.57. The van der Waals surface area contributed by atoms with Crippen molar-refractivity contribution < 1.29 is 4.79 Å². The van der Waals surface area contributed by atoms with Gasteiger partial charge >= 0.3 is 0 Å². The molecule has 1 aliphatic rings. The van der Waals surface area contributed by atoms with Gasteiger partial charge in [-0.1, -0.05) is 13.3 Å². The summed E-state index contributed by atoms with van der Waals surface area (Å²) in [6, 6.07) is 1.74. The largest absolute Gasteiger partial charge is 0.386 e. The molecule has 0 saturated heterocycles. The SMILES string of the molecule is CNc1cnccc1C(=O)NCC1(C)CCC1. The highest BCUT2D eigenvalue weighted by Crippen LogP contribution is 2.39. The maximum atomic E-state index is 12.0. The fourth-order valence-electron chi connectivity index (χ4n) is 2.14. The van der Waals surface area contributed by atoms with Gasteiger partial charge in [-0.2, -0.15) is 0 Å². The van der Waals surface area contributed by atoms with Crippen molar-refractivity contribution in [1.29, 1.82) is 0 Å². The first-order valence-electron chi connectivity index (χ1n) is 6.05. The molecule has 2 rings (SSSR count). The summed E-state index contributed by atoms with van der Waals surface area (Å²) >= 11 is 0. The van der Waals surface area contributed by atoms with Crippen molar-refractivity contribution in [3.05, 3.63) is 24.0 Å². The molecule has 0 radical (unpaired) electrons. The zero-order valence-electron chi connectivity index (χ0n) is 10.4. The number of aromatic nitrogens is 1. The lowest BCUT2D eigenvalue weighted by Gasteiger charge is -2.38. The minimum Gasteiger partial charge on any atom is -0.386 e. The van der Waals surface area contributed by atoms with Crippen molar-refractivity contribution in [2.75, 3.05) is 18.9 Å². The molecule has 4 nitrogen and oxygen atoms in total. The van der Waals surface area contributed by atoms with E-state index in [4.69, 9.17) is 0 Å². The minimum absolute atomic E-state index is 0.0233. The standard InChI is InChI=1S/C13H19N3O/c1-13(5-3-6-13)9-16-12(17)10-4-7-15-8-11(10)14-2/h4,7-8,14H,3,5-6,9H2,1-2H3,(H,16,17). The van der Waals surface area contributed by atoms with Gasteiger partial charge in [0.1, 0.15) is 0 Å². The number of hydrogen-bond acceptors (Lipinski definition) is 3. The van der Waals surface area contributed by atoms with Gasteiger partial charge in [-0.05, 0) is 24.3 Å². The third-order valence-electron chi connectivity index (χ3n) is 3.57. The van der Waals surface area contributed by atoms with Crippen LogP contribution >= 0.6 is 0 Å². The summed E-state index contributed by atoms with van der Waals surface area (Å²) in [4.78, 5) is 16.0. The molecule has 1 aromatic rings. The smallest absolute Gasteiger partial charge is 0.253 e. The summed E-state index contributed by atoms with van der Waals surface area (Å²) < 4.78 is 0. The molecule has 0 atom stereocenters. The Morgan fingerprint density at radius 2 is 2.29 bits per heavy atom. The number of carbonyl (C=O) groups is 1. The number of nitrogens with one attached hydrogen (secondary N) is 2. The average Bonchev–Trinajstić information content (AvgIpc) is 2.33. The summed E-state index contributed by atoms with van der Waals surface area (Å²) in [5, 5.41) is 5.99. The van der Waals surface area contributed by atoms with E-state index in [9.17, 15) is 4.79 Å². The first kappa shape index (κ1) is 11.9.